The molecule has 3 nitrogen and oxygen atoms in total. The van der Waals surface area contributed by atoms with Gasteiger partial charge in [0.2, 0.25) is 0 Å². The number of para-hydroxylation sites is 1. The van der Waals surface area contributed by atoms with Gasteiger partial charge in [0.1, 0.15) is 6.07 Å². The molecule has 0 fully saturated rings. The first-order chi connectivity index (χ1) is 7.89. The monoisotopic (exact) mass is 246 g/mol. The predicted molar refractivity (Wildman–Crippen MR) is 50.7 cm³/mol. The van der Waals surface area contributed by atoms with Crippen LogP contribution in [-0.2, 0) is 4.79 Å². The number of halogens is 4. The molecule has 90 valence electrons. The standard InChI is InChI=1S/C10H6F4N2O/c11-8(12)10(13,14)9(17)16-7-4-2-1-3-6(7)5-15/h1-4,8H,(H,16,17). The van der Waals surface area contributed by atoms with Gasteiger partial charge < -0.3 is 5.32 Å². The molecular formula is C10H6F4N2O. The van der Waals surface area contributed by atoms with Gasteiger partial charge in [-0.25, -0.2) is 8.78 Å². The number of carbonyl (C=O) groups excluding carboxylic acids is 1. The molecule has 1 N–H and O–H groups in total. The quantitative estimate of drug-likeness (QED) is 0.832. The van der Waals surface area contributed by atoms with E-state index in [1.165, 1.54) is 18.2 Å². The average Bonchev–Trinajstić information content (AvgIpc) is 2.29. The van der Waals surface area contributed by atoms with Gasteiger partial charge >= 0.3 is 18.3 Å². The fourth-order valence-electron chi connectivity index (χ4n) is 0.994. The Bertz CT molecular complexity index is 468. The van der Waals surface area contributed by atoms with Gasteiger partial charge in [0.25, 0.3) is 0 Å². The number of hydrogen-bond donors (Lipinski definition) is 1. The van der Waals surface area contributed by atoms with Crippen molar-refractivity contribution in [3.05, 3.63) is 29.8 Å². The van der Waals surface area contributed by atoms with Gasteiger partial charge in [-0.3, -0.25) is 4.79 Å². The fourth-order valence-corrected chi connectivity index (χ4v) is 0.994. The van der Waals surface area contributed by atoms with Crippen molar-refractivity contribution >= 4 is 11.6 Å². The minimum absolute atomic E-state index is 0.0917. The molecular weight excluding hydrogens is 240 g/mol. The number of hydrogen-bond acceptors (Lipinski definition) is 2. The predicted octanol–water partition coefficient (Wildman–Crippen LogP) is 2.40. The average molecular weight is 246 g/mol. The van der Waals surface area contributed by atoms with Gasteiger partial charge in [0.05, 0.1) is 11.3 Å². The van der Waals surface area contributed by atoms with Crippen molar-refractivity contribution in [2.24, 2.45) is 0 Å². The highest BCUT2D eigenvalue weighted by molar-refractivity contribution is 5.97. The molecule has 0 spiro atoms. The number of nitrogens with zero attached hydrogens (tertiary/aromatic N) is 1. The lowest BCUT2D eigenvalue weighted by Crippen LogP contribution is -2.41. The van der Waals surface area contributed by atoms with Gasteiger partial charge in [-0.15, -0.1) is 0 Å². The van der Waals surface area contributed by atoms with E-state index in [1.807, 2.05) is 0 Å². The number of nitrogens with one attached hydrogen (secondary N) is 1. The summed E-state index contributed by atoms with van der Waals surface area (Å²) in [4.78, 5) is 10.9. The number of rotatable bonds is 3. The Kier molecular flexibility index (Phi) is 3.68. The van der Waals surface area contributed by atoms with E-state index in [9.17, 15) is 22.4 Å². The topological polar surface area (TPSA) is 52.9 Å². The second-order valence-electron chi connectivity index (χ2n) is 3.04. The van der Waals surface area contributed by atoms with Crippen molar-refractivity contribution in [1.82, 2.24) is 0 Å². The summed E-state index contributed by atoms with van der Waals surface area (Å²) < 4.78 is 49.0. The molecule has 1 aromatic carbocycles. The summed E-state index contributed by atoms with van der Waals surface area (Å²) in [7, 11) is 0. The van der Waals surface area contributed by atoms with E-state index in [4.69, 9.17) is 5.26 Å². The lowest BCUT2D eigenvalue weighted by atomic mass is 10.2. The number of amides is 1. The van der Waals surface area contributed by atoms with Crippen molar-refractivity contribution in [1.29, 1.82) is 5.26 Å². The minimum Gasteiger partial charge on any atom is -0.319 e. The molecule has 0 saturated heterocycles. The van der Waals surface area contributed by atoms with Gasteiger partial charge in [0.15, 0.2) is 0 Å². The highest BCUT2D eigenvalue weighted by Crippen LogP contribution is 2.25. The van der Waals surface area contributed by atoms with E-state index in [2.05, 4.69) is 0 Å². The SMILES string of the molecule is N#Cc1ccccc1NC(=O)C(F)(F)C(F)F. The highest BCUT2D eigenvalue weighted by atomic mass is 19.3. The van der Waals surface area contributed by atoms with E-state index in [0.717, 1.165) is 6.07 Å². The van der Waals surface area contributed by atoms with Crippen LogP contribution in [0, 0.1) is 11.3 Å². The maximum atomic E-state index is 12.6. The summed E-state index contributed by atoms with van der Waals surface area (Å²) >= 11 is 0. The Morgan fingerprint density at radius 3 is 2.47 bits per heavy atom. The van der Waals surface area contributed by atoms with Gasteiger partial charge in [-0.05, 0) is 12.1 Å². The number of alkyl halides is 4. The van der Waals surface area contributed by atoms with Crippen molar-refractivity contribution in [2.45, 2.75) is 12.3 Å². The van der Waals surface area contributed by atoms with Crippen molar-refractivity contribution in [2.75, 3.05) is 5.32 Å². The molecule has 0 aliphatic carbocycles. The molecule has 0 unspecified atom stereocenters. The molecule has 17 heavy (non-hydrogen) atoms. The first kappa shape index (κ1) is 13.0. The molecule has 0 heterocycles. The number of nitriles is 1. The molecule has 0 aliphatic heterocycles. The van der Waals surface area contributed by atoms with Crippen LogP contribution in [0.2, 0.25) is 0 Å². The molecule has 0 radical (unpaired) electrons. The number of carbonyl (C=O) groups is 1. The third kappa shape index (κ3) is 2.72. The van der Waals surface area contributed by atoms with Crippen LogP contribution >= 0.6 is 0 Å². The van der Waals surface area contributed by atoms with E-state index in [-0.39, 0.29) is 11.3 Å². The second kappa shape index (κ2) is 4.82. The van der Waals surface area contributed by atoms with Gasteiger partial charge in [-0.2, -0.15) is 14.0 Å². The first-order valence-electron chi connectivity index (χ1n) is 4.36. The zero-order valence-electron chi connectivity index (χ0n) is 8.25. The Morgan fingerprint density at radius 2 is 1.94 bits per heavy atom. The Morgan fingerprint density at radius 1 is 1.35 bits per heavy atom. The molecule has 0 aliphatic rings. The van der Waals surface area contributed by atoms with Gasteiger partial charge in [-0.1, -0.05) is 12.1 Å². The molecule has 0 aromatic heterocycles. The molecule has 1 rings (SSSR count). The van der Waals surface area contributed by atoms with Crippen LogP contribution in [0.1, 0.15) is 5.56 Å². The first-order valence-corrected chi connectivity index (χ1v) is 4.36. The van der Waals surface area contributed by atoms with Crippen LogP contribution in [0.3, 0.4) is 0 Å². The summed E-state index contributed by atoms with van der Waals surface area (Å²) in [5.41, 5.74) is -0.328. The number of benzene rings is 1. The van der Waals surface area contributed by atoms with Crippen LogP contribution in [0.5, 0.6) is 0 Å². The molecule has 7 heteroatoms. The minimum atomic E-state index is -4.79. The second-order valence-corrected chi connectivity index (χ2v) is 3.04. The van der Waals surface area contributed by atoms with E-state index in [1.54, 1.807) is 11.4 Å². The highest BCUT2D eigenvalue weighted by Gasteiger charge is 2.49. The maximum absolute atomic E-state index is 12.6. The Balaban J connectivity index is 2.93. The maximum Gasteiger partial charge on any atom is 0.383 e. The zero-order valence-corrected chi connectivity index (χ0v) is 8.25. The lowest BCUT2D eigenvalue weighted by molar-refractivity contribution is -0.163. The van der Waals surface area contributed by atoms with Crippen LogP contribution < -0.4 is 5.32 Å². The van der Waals surface area contributed by atoms with Gasteiger partial charge in [0, 0.05) is 0 Å². The smallest absolute Gasteiger partial charge is 0.319 e. The van der Waals surface area contributed by atoms with E-state index in [0.29, 0.717) is 0 Å². The zero-order chi connectivity index (χ0) is 13.1. The Labute approximate surface area is 93.7 Å². The Hall–Kier alpha value is -2.10. The summed E-state index contributed by atoms with van der Waals surface area (Å²) in [6.45, 7) is 0. The van der Waals surface area contributed by atoms with E-state index >= 15 is 0 Å². The third-order valence-corrected chi connectivity index (χ3v) is 1.87. The third-order valence-electron chi connectivity index (χ3n) is 1.87. The summed E-state index contributed by atoms with van der Waals surface area (Å²) in [6.07, 6.45) is -4.10. The van der Waals surface area contributed by atoms with Crippen LogP contribution in [0.15, 0.2) is 24.3 Å². The molecule has 1 amide bonds. The van der Waals surface area contributed by atoms with Crippen molar-refractivity contribution in [3.8, 4) is 6.07 Å². The molecule has 0 atom stereocenters. The molecule has 1 aromatic rings. The van der Waals surface area contributed by atoms with Crippen LogP contribution in [0.4, 0.5) is 23.2 Å². The fraction of sp³-hybridized carbons (Fsp3) is 0.200. The van der Waals surface area contributed by atoms with E-state index < -0.39 is 18.3 Å². The van der Waals surface area contributed by atoms with Crippen molar-refractivity contribution < 1.29 is 22.4 Å². The molecule has 0 saturated carbocycles. The normalized spacial score (nSPS) is 11.1. The summed E-state index contributed by atoms with van der Waals surface area (Å²) in [5, 5.41) is 10.2. The number of anilines is 1. The van der Waals surface area contributed by atoms with Crippen molar-refractivity contribution in [3.63, 3.8) is 0 Å². The summed E-state index contributed by atoms with van der Waals surface area (Å²) in [6, 6.07) is 6.88. The largest absolute Gasteiger partial charge is 0.383 e. The lowest BCUT2D eigenvalue weighted by Gasteiger charge is -2.15. The van der Waals surface area contributed by atoms with Crippen LogP contribution in [-0.4, -0.2) is 18.3 Å². The molecule has 0 bridgehead atoms. The summed E-state index contributed by atoms with van der Waals surface area (Å²) in [5.74, 6) is -6.93. The van der Waals surface area contributed by atoms with Crippen LogP contribution in [0.25, 0.3) is 0 Å².